The highest BCUT2D eigenvalue weighted by atomic mass is 35.5. The molecule has 1 aromatic rings. The number of aromatic nitrogens is 2. The maximum atomic E-state index is 11.7. The van der Waals surface area contributed by atoms with E-state index in [1.165, 1.54) is 12.8 Å². The summed E-state index contributed by atoms with van der Waals surface area (Å²) in [6, 6.07) is 1.96. The van der Waals surface area contributed by atoms with Crippen LogP contribution < -0.4 is 10.6 Å². The van der Waals surface area contributed by atoms with Gasteiger partial charge in [0.15, 0.2) is 0 Å². The Bertz CT molecular complexity index is 388. The van der Waals surface area contributed by atoms with Crippen molar-refractivity contribution in [2.45, 2.75) is 25.7 Å². The standard InChI is InChI=1S/C13H22N4O.ClH/c1-17-12(6-8-16-17)4-5-13(18)15-10-11-3-2-7-14-9-11;/h6,8,11,14H,2-5,7,9-10H2,1H3,(H,15,18);1H. The molecule has 1 atom stereocenters. The molecule has 19 heavy (non-hydrogen) atoms. The van der Waals surface area contributed by atoms with Gasteiger partial charge in [0.1, 0.15) is 0 Å². The minimum Gasteiger partial charge on any atom is -0.356 e. The van der Waals surface area contributed by atoms with E-state index in [1.807, 2.05) is 17.8 Å². The first-order chi connectivity index (χ1) is 8.75. The summed E-state index contributed by atoms with van der Waals surface area (Å²) in [5.74, 6) is 0.737. The summed E-state index contributed by atoms with van der Waals surface area (Å²) in [5, 5.41) is 10.5. The van der Waals surface area contributed by atoms with Gasteiger partial charge in [-0.2, -0.15) is 5.10 Å². The third-order valence-electron chi connectivity index (χ3n) is 3.52. The van der Waals surface area contributed by atoms with Crippen LogP contribution in [-0.2, 0) is 18.3 Å². The van der Waals surface area contributed by atoms with Gasteiger partial charge in [-0.15, -0.1) is 12.4 Å². The first-order valence-electron chi connectivity index (χ1n) is 6.70. The highest BCUT2D eigenvalue weighted by Crippen LogP contribution is 2.08. The third-order valence-corrected chi connectivity index (χ3v) is 3.52. The fourth-order valence-corrected chi connectivity index (χ4v) is 2.33. The zero-order chi connectivity index (χ0) is 12.8. The number of carbonyl (C=O) groups is 1. The number of amides is 1. The van der Waals surface area contributed by atoms with E-state index in [1.54, 1.807) is 6.20 Å². The molecular formula is C13H23ClN4O. The molecule has 108 valence electrons. The Kier molecular flexibility index (Phi) is 6.87. The van der Waals surface area contributed by atoms with Crippen LogP contribution in [-0.4, -0.2) is 35.3 Å². The Morgan fingerprint density at radius 3 is 3.11 bits per heavy atom. The zero-order valence-electron chi connectivity index (χ0n) is 11.4. The molecule has 0 spiro atoms. The predicted octanol–water partition coefficient (Wildman–Crippen LogP) is 0.890. The fourth-order valence-electron chi connectivity index (χ4n) is 2.33. The molecule has 2 heterocycles. The number of rotatable bonds is 5. The molecule has 1 fully saturated rings. The fraction of sp³-hybridized carbons (Fsp3) is 0.692. The van der Waals surface area contributed by atoms with Gasteiger partial charge >= 0.3 is 0 Å². The van der Waals surface area contributed by atoms with Crippen LogP contribution in [0.4, 0.5) is 0 Å². The minimum absolute atomic E-state index is 0. The molecule has 0 radical (unpaired) electrons. The Balaban J connectivity index is 0.00000180. The van der Waals surface area contributed by atoms with Crippen LogP contribution in [0.15, 0.2) is 12.3 Å². The summed E-state index contributed by atoms with van der Waals surface area (Å²) in [4.78, 5) is 11.7. The number of nitrogens with zero attached hydrogens (tertiary/aromatic N) is 2. The number of carbonyl (C=O) groups excluding carboxylic acids is 1. The summed E-state index contributed by atoms with van der Waals surface area (Å²) in [7, 11) is 1.90. The average molecular weight is 287 g/mol. The Hall–Kier alpha value is -1.07. The van der Waals surface area contributed by atoms with Crippen LogP contribution in [0, 0.1) is 5.92 Å². The lowest BCUT2D eigenvalue weighted by Crippen LogP contribution is -2.38. The third kappa shape index (κ3) is 5.20. The molecule has 1 unspecified atom stereocenters. The summed E-state index contributed by atoms with van der Waals surface area (Å²) in [6.45, 7) is 2.95. The second-order valence-electron chi connectivity index (χ2n) is 4.96. The minimum atomic E-state index is 0. The van der Waals surface area contributed by atoms with E-state index in [2.05, 4.69) is 15.7 Å². The molecule has 0 saturated carbocycles. The Morgan fingerprint density at radius 2 is 2.47 bits per heavy atom. The zero-order valence-corrected chi connectivity index (χ0v) is 12.2. The lowest BCUT2D eigenvalue weighted by Gasteiger charge is -2.22. The van der Waals surface area contributed by atoms with Gasteiger partial charge in [0, 0.05) is 31.9 Å². The molecule has 0 aromatic carbocycles. The van der Waals surface area contributed by atoms with E-state index in [9.17, 15) is 4.79 Å². The van der Waals surface area contributed by atoms with Crippen molar-refractivity contribution in [1.29, 1.82) is 0 Å². The number of aryl methyl sites for hydroxylation is 2. The molecule has 2 rings (SSSR count). The number of halogens is 1. The average Bonchev–Trinajstić information content (AvgIpc) is 2.81. The second-order valence-corrected chi connectivity index (χ2v) is 4.96. The van der Waals surface area contributed by atoms with Crippen molar-refractivity contribution >= 4 is 18.3 Å². The van der Waals surface area contributed by atoms with Gasteiger partial charge in [0.2, 0.25) is 5.91 Å². The number of piperidine rings is 1. The monoisotopic (exact) mass is 286 g/mol. The molecule has 0 bridgehead atoms. The number of nitrogens with one attached hydrogen (secondary N) is 2. The summed E-state index contributed by atoms with van der Waals surface area (Å²) >= 11 is 0. The molecule has 1 aromatic heterocycles. The smallest absolute Gasteiger partial charge is 0.220 e. The van der Waals surface area contributed by atoms with E-state index >= 15 is 0 Å². The quantitative estimate of drug-likeness (QED) is 0.845. The summed E-state index contributed by atoms with van der Waals surface area (Å²) in [5.41, 5.74) is 1.10. The first-order valence-corrected chi connectivity index (χ1v) is 6.70. The summed E-state index contributed by atoms with van der Waals surface area (Å²) in [6.07, 6.45) is 5.50. The van der Waals surface area contributed by atoms with Crippen molar-refractivity contribution in [3.8, 4) is 0 Å². The van der Waals surface area contributed by atoms with E-state index in [4.69, 9.17) is 0 Å². The van der Waals surface area contributed by atoms with Crippen LogP contribution in [0.25, 0.3) is 0 Å². The van der Waals surface area contributed by atoms with Crippen LogP contribution >= 0.6 is 12.4 Å². The van der Waals surface area contributed by atoms with Gasteiger partial charge in [0.25, 0.3) is 0 Å². The van der Waals surface area contributed by atoms with Crippen LogP contribution in [0.3, 0.4) is 0 Å². The van der Waals surface area contributed by atoms with Gasteiger partial charge < -0.3 is 10.6 Å². The van der Waals surface area contributed by atoms with E-state index in [0.717, 1.165) is 31.7 Å². The van der Waals surface area contributed by atoms with Crippen molar-refractivity contribution in [3.63, 3.8) is 0 Å². The lowest BCUT2D eigenvalue weighted by atomic mass is 10.00. The largest absolute Gasteiger partial charge is 0.356 e. The van der Waals surface area contributed by atoms with Crippen molar-refractivity contribution < 1.29 is 4.79 Å². The highest BCUT2D eigenvalue weighted by Gasteiger charge is 2.13. The van der Waals surface area contributed by atoms with E-state index in [-0.39, 0.29) is 18.3 Å². The molecule has 2 N–H and O–H groups in total. The topological polar surface area (TPSA) is 59.0 Å². The lowest BCUT2D eigenvalue weighted by molar-refractivity contribution is -0.121. The van der Waals surface area contributed by atoms with E-state index < -0.39 is 0 Å². The van der Waals surface area contributed by atoms with Crippen molar-refractivity contribution in [2.24, 2.45) is 13.0 Å². The van der Waals surface area contributed by atoms with Crippen LogP contribution in [0.2, 0.25) is 0 Å². The van der Waals surface area contributed by atoms with Gasteiger partial charge in [-0.25, -0.2) is 0 Å². The predicted molar refractivity (Wildman–Crippen MR) is 77.4 cm³/mol. The normalized spacial score (nSPS) is 18.7. The van der Waals surface area contributed by atoms with Crippen molar-refractivity contribution in [3.05, 3.63) is 18.0 Å². The molecule has 1 aliphatic heterocycles. The number of hydrogen-bond donors (Lipinski definition) is 2. The summed E-state index contributed by atoms with van der Waals surface area (Å²) < 4.78 is 1.82. The maximum absolute atomic E-state index is 11.7. The molecule has 1 aliphatic rings. The molecule has 1 saturated heterocycles. The van der Waals surface area contributed by atoms with E-state index in [0.29, 0.717) is 12.3 Å². The van der Waals surface area contributed by atoms with Crippen molar-refractivity contribution in [1.82, 2.24) is 20.4 Å². The molecule has 5 nitrogen and oxygen atoms in total. The first kappa shape index (κ1) is 16.0. The van der Waals surface area contributed by atoms with Crippen molar-refractivity contribution in [2.75, 3.05) is 19.6 Å². The highest BCUT2D eigenvalue weighted by molar-refractivity contribution is 5.85. The van der Waals surface area contributed by atoms with Gasteiger partial charge in [-0.3, -0.25) is 9.48 Å². The van der Waals surface area contributed by atoms with Gasteiger partial charge in [-0.1, -0.05) is 0 Å². The maximum Gasteiger partial charge on any atom is 0.220 e. The molecule has 6 heteroatoms. The molecular weight excluding hydrogens is 264 g/mol. The molecule has 0 aliphatic carbocycles. The Labute approximate surface area is 120 Å². The van der Waals surface area contributed by atoms with Gasteiger partial charge in [-0.05, 0) is 44.3 Å². The van der Waals surface area contributed by atoms with Crippen LogP contribution in [0.1, 0.15) is 25.0 Å². The molecule has 1 amide bonds. The Morgan fingerprint density at radius 1 is 1.63 bits per heavy atom. The van der Waals surface area contributed by atoms with Crippen LogP contribution in [0.5, 0.6) is 0 Å². The van der Waals surface area contributed by atoms with Gasteiger partial charge in [0.05, 0.1) is 0 Å². The second kappa shape index (κ2) is 8.17. The number of hydrogen-bond acceptors (Lipinski definition) is 3. The SMILES string of the molecule is Cl.Cn1nccc1CCC(=O)NCC1CCCNC1.